The van der Waals surface area contributed by atoms with Crippen molar-refractivity contribution in [1.82, 2.24) is 9.88 Å². The number of carbonyl (C=O) groups is 1. The zero-order valence-electron chi connectivity index (χ0n) is 9.74. The van der Waals surface area contributed by atoms with Gasteiger partial charge < -0.3 is 10.7 Å². The van der Waals surface area contributed by atoms with Crippen molar-refractivity contribution < 1.29 is 4.79 Å². The minimum atomic E-state index is -0.674. The van der Waals surface area contributed by atoms with E-state index < -0.39 is 11.5 Å². The van der Waals surface area contributed by atoms with Crippen LogP contribution >= 0.6 is 0 Å². The van der Waals surface area contributed by atoms with Gasteiger partial charge in [0.2, 0.25) is 0 Å². The fraction of sp³-hybridized carbons (Fsp3) is 0.500. The Kier molecular flexibility index (Phi) is 3.58. The highest BCUT2D eigenvalue weighted by Gasteiger charge is 2.12. The van der Waals surface area contributed by atoms with Crippen molar-refractivity contribution in [1.29, 1.82) is 0 Å². The first kappa shape index (κ1) is 11.9. The number of aromatic amines is 1. The lowest BCUT2D eigenvalue weighted by atomic mass is 10.1. The van der Waals surface area contributed by atoms with Crippen molar-refractivity contribution in [2.75, 3.05) is 13.1 Å². The first-order valence-electron chi connectivity index (χ1n) is 5.90. The summed E-state index contributed by atoms with van der Waals surface area (Å²) in [4.78, 5) is 27.3. The van der Waals surface area contributed by atoms with E-state index >= 15 is 0 Å². The molecule has 1 aliphatic rings. The van der Waals surface area contributed by atoms with Crippen molar-refractivity contribution in [2.45, 2.75) is 25.8 Å². The molecule has 2 heterocycles. The summed E-state index contributed by atoms with van der Waals surface area (Å²) in [5.74, 6) is -0.674. The Hall–Kier alpha value is -1.62. The summed E-state index contributed by atoms with van der Waals surface area (Å²) in [6.45, 7) is 2.91. The molecule has 5 nitrogen and oxygen atoms in total. The molecule has 0 spiro atoms. The van der Waals surface area contributed by atoms with Gasteiger partial charge >= 0.3 is 0 Å². The van der Waals surface area contributed by atoms with Gasteiger partial charge in [0.1, 0.15) is 5.56 Å². The van der Waals surface area contributed by atoms with Crippen molar-refractivity contribution in [3.8, 4) is 0 Å². The van der Waals surface area contributed by atoms with E-state index in [9.17, 15) is 9.59 Å². The highest BCUT2D eigenvalue weighted by atomic mass is 16.2. The molecule has 1 amide bonds. The number of nitrogens with one attached hydrogen (secondary N) is 1. The van der Waals surface area contributed by atoms with Crippen LogP contribution in [0.5, 0.6) is 0 Å². The van der Waals surface area contributed by atoms with Crippen LogP contribution in [0.15, 0.2) is 17.1 Å². The maximum Gasteiger partial charge on any atom is 0.260 e. The molecule has 2 rings (SSSR count). The molecule has 0 aliphatic carbocycles. The summed E-state index contributed by atoms with van der Waals surface area (Å²) >= 11 is 0. The molecule has 0 saturated carbocycles. The van der Waals surface area contributed by atoms with Gasteiger partial charge in [-0.15, -0.1) is 0 Å². The number of hydrogen-bond acceptors (Lipinski definition) is 3. The summed E-state index contributed by atoms with van der Waals surface area (Å²) in [5.41, 5.74) is 5.70. The summed E-state index contributed by atoms with van der Waals surface area (Å²) in [6.07, 6.45) is 5.37. The molecule has 5 heteroatoms. The largest absolute Gasteiger partial charge is 0.365 e. The second kappa shape index (κ2) is 5.14. The highest BCUT2D eigenvalue weighted by molar-refractivity contribution is 5.92. The number of hydrogen-bond donors (Lipinski definition) is 2. The van der Waals surface area contributed by atoms with Crippen LogP contribution in [0.4, 0.5) is 0 Å². The number of piperidine rings is 1. The van der Waals surface area contributed by atoms with Crippen LogP contribution in [0, 0.1) is 0 Å². The van der Waals surface area contributed by atoms with E-state index in [2.05, 4.69) is 9.88 Å². The van der Waals surface area contributed by atoms with Crippen LogP contribution in [0.3, 0.4) is 0 Å². The van der Waals surface area contributed by atoms with E-state index in [-0.39, 0.29) is 5.56 Å². The first-order valence-corrected chi connectivity index (χ1v) is 5.90. The molecule has 1 aromatic heterocycles. The standard InChI is InChI=1S/C12H17N3O2/c13-11(16)10-6-9(7-14-12(10)17)8-15-4-2-1-3-5-15/h6-7H,1-5,8H2,(H2,13,16)(H,14,17). The fourth-order valence-corrected chi connectivity index (χ4v) is 2.18. The SMILES string of the molecule is NC(=O)c1cc(CN2CCCCC2)c[nH]c1=O. The van der Waals surface area contributed by atoms with E-state index in [1.165, 1.54) is 19.3 Å². The monoisotopic (exact) mass is 235 g/mol. The molecule has 17 heavy (non-hydrogen) atoms. The highest BCUT2D eigenvalue weighted by Crippen LogP contribution is 2.12. The predicted molar refractivity (Wildman–Crippen MR) is 64.7 cm³/mol. The van der Waals surface area contributed by atoms with Gasteiger partial charge in [0, 0.05) is 12.7 Å². The molecule has 0 radical (unpaired) electrons. The topological polar surface area (TPSA) is 79.2 Å². The molecule has 92 valence electrons. The Bertz CT molecular complexity index is 461. The third kappa shape index (κ3) is 2.94. The maximum absolute atomic E-state index is 11.3. The molecule has 0 aromatic carbocycles. The second-order valence-electron chi connectivity index (χ2n) is 4.45. The molecule has 1 fully saturated rings. The first-order chi connectivity index (χ1) is 8.16. The average molecular weight is 235 g/mol. The van der Waals surface area contributed by atoms with Crippen molar-refractivity contribution in [3.05, 3.63) is 33.7 Å². The Balaban J connectivity index is 2.13. The Morgan fingerprint density at radius 1 is 1.35 bits per heavy atom. The van der Waals surface area contributed by atoms with Crippen molar-refractivity contribution in [3.63, 3.8) is 0 Å². The van der Waals surface area contributed by atoms with Gasteiger partial charge in [0.25, 0.3) is 11.5 Å². The van der Waals surface area contributed by atoms with Gasteiger partial charge in [0.15, 0.2) is 0 Å². The normalized spacial score (nSPS) is 16.9. The lowest BCUT2D eigenvalue weighted by Gasteiger charge is -2.26. The van der Waals surface area contributed by atoms with Gasteiger partial charge in [0.05, 0.1) is 0 Å². The quantitative estimate of drug-likeness (QED) is 0.798. The molecule has 0 atom stereocenters. The smallest absolute Gasteiger partial charge is 0.260 e. The molecule has 3 N–H and O–H groups in total. The number of nitrogens with zero attached hydrogens (tertiary/aromatic N) is 1. The predicted octanol–water partition coefficient (Wildman–Crippen LogP) is 0.460. The number of amides is 1. The van der Waals surface area contributed by atoms with E-state index in [4.69, 9.17) is 5.73 Å². The number of nitrogens with two attached hydrogens (primary N) is 1. The molecule has 0 unspecified atom stereocenters. The van der Waals surface area contributed by atoms with Crippen LogP contribution in [-0.2, 0) is 6.54 Å². The third-order valence-electron chi connectivity index (χ3n) is 3.08. The van der Waals surface area contributed by atoms with Crippen LogP contribution < -0.4 is 11.3 Å². The number of H-pyrrole nitrogens is 1. The number of carbonyl (C=O) groups excluding carboxylic acids is 1. The van der Waals surface area contributed by atoms with Gasteiger partial charge in [-0.1, -0.05) is 6.42 Å². The molecular formula is C12H17N3O2. The van der Waals surface area contributed by atoms with E-state index in [0.717, 1.165) is 25.2 Å². The van der Waals surface area contributed by atoms with Gasteiger partial charge in [-0.3, -0.25) is 14.5 Å². The van der Waals surface area contributed by atoms with E-state index in [0.29, 0.717) is 0 Å². The second-order valence-corrected chi connectivity index (χ2v) is 4.45. The average Bonchev–Trinajstić information content (AvgIpc) is 2.32. The fourth-order valence-electron chi connectivity index (χ4n) is 2.18. The zero-order chi connectivity index (χ0) is 12.3. The third-order valence-corrected chi connectivity index (χ3v) is 3.08. The minimum Gasteiger partial charge on any atom is -0.365 e. The molecular weight excluding hydrogens is 218 g/mol. The molecule has 1 saturated heterocycles. The zero-order valence-corrected chi connectivity index (χ0v) is 9.74. The summed E-state index contributed by atoms with van der Waals surface area (Å²) < 4.78 is 0. The number of pyridine rings is 1. The van der Waals surface area contributed by atoms with Gasteiger partial charge in [-0.05, 0) is 37.6 Å². The Labute approximate surface area is 99.6 Å². The van der Waals surface area contributed by atoms with Crippen LogP contribution in [-0.4, -0.2) is 28.9 Å². The summed E-state index contributed by atoms with van der Waals surface area (Å²) in [6, 6.07) is 1.59. The van der Waals surface area contributed by atoms with Gasteiger partial charge in [-0.25, -0.2) is 0 Å². The maximum atomic E-state index is 11.3. The molecule has 1 aromatic rings. The number of primary amides is 1. The van der Waals surface area contributed by atoms with Crippen molar-refractivity contribution >= 4 is 5.91 Å². The summed E-state index contributed by atoms with van der Waals surface area (Å²) in [7, 11) is 0. The Morgan fingerprint density at radius 2 is 2.06 bits per heavy atom. The van der Waals surface area contributed by atoms with E-state index in [1.807, 2.05) is 0 Å². The molecule has 0 bridgehead atoms. The number of rotatable bonds is 3. The number of aromatic nitrogens is 1. The van der Waals surface area contributed by atoms with Crippen LogP contribution in [0.1, 0.15) is 35.2 Å². The van der Waals surface area contributed by atoms with Crippen LogP contribution in [0.25, 0.3) is 0 Å². The minimum absolute atomic E-state index is 0.0412. The summed E-state index contributed by atoms with van der Waals surface area (Å²) in [5, 5.41) is 0. The van der Waals surface area contributed by atoms with E-state index in [1.54, 1.807) is 12.3 Å². The lowest BCUT2D eigenvalue weighted by Crippen LogP contribution is -2.30. The van der Waals surface area contributed by atoms with Crippen LogP contribution in [0.2, 0.25) is 0 Å². The number of likely N-dealkylation sites (tertiary alicyclic amines) is 1. The molecule has 1 aliphatic heterocycles. The lowest BCUT2D eigenvalue weighted by molar-refractivity contribution is 0.0998. The van der Waals surface area contributed by atoms with Crippen molar-refractivity contribution in [2.24, 2.45) is 5.73 Å². The Morgan fingerprint density at radius 3 is 2.71 bits per heavy atom. The van der Waals surface area contributed by atoms with Gasteiger partial charge in [-0.2, -0.15) is 0 Å².